The van der Waals surface area contributed by atoms with Gasteiger partial charge >= 0.3 is 0 Å². The van der Waals surface area contributed by atoms with Gasteiger partial charge in [-0.05, 0) is 42.3 Å². The minimum atomic E-state index is -0.211. The Balaban J connectivity index is 1.94. The Morgan fingerprint density at radius 3 is 2.71 bits per heavy atom. The van der Waals surface area contributed by atoms with Gasteiger partial charge in [-0.2, -0.15) is 5.26 Å². The second kappa shape index (κ2) is 7.12. The fourth-order valence-electron chi connectivity index (χ4n) is 1.87. The van der Waals surface area contributed by atoms with Gasteiger partial charge in [0.2, 0.25) is 0 Å². The molecule has 0 saturated heterocycles. The Morgan fingerprint density at radius 2 is 2.00 bits per heavy atom. The molecule has 1 amide bonds. The molecule has 2 rings (SSSR count). The molecule has 0 aromatic heterocycles. The van der Waals surface area contributed by atoms with Gasteiger partial charge in [-0.25, -0.2) is 0 Å². The summed E-state index contributed by atoms with van der Waals surface area (Å²) in [6.45, 7) is 0.455. The van der Waals surface area contributed by atoms with Crippen LogP contribution in [0.25, 0.3) is 0 Å². The summed E-state index contributed by atoms with van der Waals surface area (Å²) < 4.78 is 0. The van der Waals surface area contributed by atoms with Crippen LogP contribution in [-0.4, -0.2) is 12.5 Å². The second-order valence-corrected chi connectivity index (χ2v) is 5.28. The van der Waals surface area contributed by atoms with Gasteiger partial charge in [-0.15, -0.1) is 0 Å². The highest BCUT2D eigenvalue weighted by molar-refractivity contribution is 6.35. The zero-order chi connectivity index (χ0) is 15.2. The molecule has 0 unspecified atom stereocenters. The van der Waals surface area contributed by atoms with E-state index in [0.717, 1.165) is 5.56 Å². The summed E-state index contributed by atoms with van der Waals surface area (Å²) in [5.74, 6) is -0.211. The molecular formula is C16H12Cl2N2O. The van der Waals surface area contributed by atoms with Crippen molar-refractivity contribution in [2.75, 3.05) is 6.54 Å². The van der Waals surface area contributed by atoms with E-state index >= 15 is 0 Å². The SMILES string of the molecule is N#Cc1cccc(C(=O)NCCc2ccc(Cl)cc2Cl)c1. The summed E-state index contributed by atoms with van der Waals surface area (Å²) in [6, 6.07) is 13.9. The molecule has 0 aliphatic rings. The van der Waals surface area contributed by atoms with Crippen molar-refractivity contribution in [3.63, 3.8) is 0 Å². The molecule has 3 nitrogen and oxygen atoms in total. The number of benzene rings is 2. The summed E-state index contributed by atoms with van der Waals surface area (Å²) in [5.41, 5.74) is 1.85. The first-order valence-corrected chi connectivity index (χ1v) is 7.08. The number of nitrogens with one attached hydrogen (secondary N) is 1. The molecule has 0 spiro atoms. The molecule has 0 radical (unpaired) electrons. The maximum absolute atomic E-state index is 12.0. The highest BCUT2D eigenvalue weighted by Crippen LogP contribution is 2.21. The largest absolute Gasteiger partial charge is 0.352 e. The molecule has 106 valence electrons. The smallest absolute Gasteiger partial charge is 0.251 e. The van der Waals surface area contributed by atoms with E-state index in [4.69, 9.17) is 28.5 Å². The van der Waals surface area contributed by atoms with Gasteiger partial charge in [0.15, 0.2) is 0 Å². The number of hydrogen-bond acceptors (Lipinski definition) is 2. The molecule has 0 saturated carbocycles. The molecule has 0 fully saturated rings. The number of amides is 1. The lowest BCUT2D eigenvalue weighted by molar-refractivity contribution is 0.0954. The number of halogens is 2. The van der Waals surface area contributed by atoms with Gasteiger partial charge in [-0.1, -0.05) is 35.3 Å². The van der Waals surface area contributed by atoms with E-state index in [0.29, 0.717) is 34.1 Å². The minimum absolute atomic E-state index is 0.211. The van der Waals surface area contributed by atoms with Gasteiger partial charge in [-0.3, -0.25) is 4.79 Å². The summed E-state index contributed by atoms with van der Waals surface area (Å²) in [7, 11) is 0. The van der Waals surface area contributed by atoms with Crippen molar-refractivity contribution >= 4 is 29.1 Å². The Morgan fingerprint density at radius 1 is 1.19 bits per heavy atom. The van der Waals surface area contributed by atoms with E-state index in [9.17, 15) is 4.79 Å². The van der Waals surface area contributed by atoms with Crippen LogP contribution < -0.4 is 5.32 Å². The normalized spacial score (nSPS) is 9.95. The first-order valence-electron chi connectivity index (χ1n) is 6.32. The van der Waals surface area contributed by atoms with Crippen LogP contribution in [0.15, 0.2) is 42.5 Å². The first-order chi connectivity index (χ1) is 10.1. The fourth-order valence-corrected chi connectivity index (χ4v) is 2.37. The lowest BCUT2D eigenvalue weighted by atomic mass is 10.1. The number of carbonyl (C=O) groups is 1. The highest BCUT2D eigenvalue weighted by Gasteiger charge is 2.07. The zero-order valence-corrected chi connectivity index (χ0v) is 12.6. The van der Waals surface area contributed by atoms with Crippen LogP contribution in [0, 0.1) is 11.3 Å². The molecule has 1 N–H and O–H groups in total. The molecule has 5 heteroatoms. The maximum Gasteiger partial charge on any atom is 0.251 e. The summed E-state index contributed by atoms with van der Waals surface area (Å²) in [6.07, 6.45) is 0.611. The molecule has 2 aromatic rings. The van der Waals surface area contributed by atoms with E-state index in [-0.39, 0.29) is 5.91 Å². The summed E-state index contributed by atoms with van der Waals surface area (Å²) in [4.78, 5) is 12.0. The lowest BCUT2D eigenvalue weighted by Crippen LogP contribution is -2.25. The Bertz CT molecular complexity index is 708. The fraction of sp³-hybridized carbons (Fsp3) is 0.125. The Labute approximate surface area is 133 Å². The number of rotatable bonds is 4. The van der Waals surface area contributed by atoms with Crippen LogP contribution in [0.2, 0.25) is 10.0 Å². The van der Waals surface area contributed by atoms with Crippen LogP contribution in [0.3, 0.4) is 0 Å². The van der Waals surface area contributed by atoms with Crippen LogP contribution in [0.4, 0.5) is 0 Å². The molecule has 0 aliphatic carbocycles. The minimum Gasteiger partial charge on any atom is -0.352 e. The zero-order valence-electron chi connectivity index (χ0n) is 11.1. The number of carbonyl (C=O) groups excluding carboxylic acids is 1. The van der Waals surface area contributed by atoms with Crippen molar-refractivity contribution in [1.82, 2.24) is 5.32 Å². The van der Waals surface area contributed by atoms with Crippen molar-refractivity contribution in [3.05, 3.63) is 69.2 Å². The van der Waals surface area contributed by atoms with Crippen LogP contribution in [0.1, 0.15) is 21.5 Å². The van der Waals surface area contributed by atoms with Crippen LogP contribution in [-0.2, 0) is 6.42 Å². The number of nitriles is 1. The summed E-state index contributed by atoms with van der Waals surface area (Å²) >= 11 is 11.9. The highest BCUT2D eigenvalue weighted by atomic mass is 35.5. The van der Waals surface area contributed by atoms with Crippen molar-refractivity contribution in [2.45, 2.75) is 6.42 Å². The summed E-state index contributed by atoms with van der Waals surface area (Å²) in [5, 5.41) is 12.8. The van der Waals surface area contributed by atoms with E-state index in [1.807, 2.05) is 12.1 Å². The van der Waals surface area contributed by atoms with Gasteiger partial charge in [0.25, 0.3) is 5.91 Å². The van der Waals surface area contributed by atoms with Crippen molar-refractivity contribution < 1.29 is 4.79 Å². The molecular weight excluding hydrogens is 307 g/mol. The van der Waals surface area contributed by atoms with Crippen LogP contribution >= 0.6 is 23.2 Å². The molecule has 0 heterocycles. The van der Waals surface area contributed by atoms with Gasteiger partial charge in [0.05, 0.1) is 11.6 Å². The molecule has 21 heavy (non-hydrogen) atoms. The third-order valence-electron chi connectivity index (χ3n) is 2.95. The average Bonchev–Trinajstić information content (AvgIpc) is 2.49. The van der Waals surface area contributed by atoms with Gasteiger partial charge in [0, 0.05) is 22.2 Å². The van der Waals surface area contributed by atoms with Crippen molar-refractivity contribution in [1.29, 1.82) is 5.26 Å². The topological polar surface area (TPSA) is 52.9 Å². The van der Waals surface area contributed by atoms with Gasteiger partial charge in [0.1, 0.15) is 0 Å². The molecule has 0 atom stereocenters. The number of nitrogens with zero attached hydrogens (tertiary/aromatic N) is 1. The van der Waals surface area contributed by atoms with Gasteiger partial charge < -0.3 is 5.32 Å². The van der Waals surface area contributed by atoms with E-state index in [1.165, 1.54) is 0 Å². The van der Waals surface area contributed by atoms with E-state index in [1.54, 1.807) is 36.4 Å². The molecule has 0 bridgehead atoms. The predicted octanol–water partition coefficient (Wildman–Crippen LogP) is 3.84. The quantitative estimate of drug-likeness (QED) is 0.931. The third-order valence-corrected chi connectivity index (χ3v) is 3.54. The Hall–Kier alpha value is -2.02. The molecule has 0 aliphatic heterocycles. The second-order valence-electron chi connectivity index (χ2n) is 4.43. The van der Waals surface area contributed by atoms with Crippen molar-refractivity contribution in [3.8, 4) is 6.07 Å². The Kier molecular flexibility index (Phi) is 5.21. The van der Waals surface area contributed by atoms with E-state index in [2.05, 4.69) is 5.32 Å². The van der Waals surface area contributed by atoms with Crippen molar-refractivity contribution in [2.24, 2.45) is 0 Å². The standard InChI is InChI=1S/C16H12Cl2N2O/c17-14-5-4-12(15(18)9-14)6-7-20-16(21)13-3-1-2-11(8-13)10-19/h1-5,8-9H,6-7H2,(H,20,21). The number of hydrogen-bond donors (Lipinski definition) is 1. The van der Waals surface area contributed by atoms with Crippen LogP contribution in [0.5, 0.6) is 0 Å². The predicted molar refractivity (Wildman–Crippen MR) is 83.7 cm³/mol. The first kappa shape index (κ1) is 15.4. The molecule has 2 aromatic carbocycles. The van der Waals surface area contributed by atoms with E-state index < -0.39 is 0 Å². The monoisotopic (exact) mass is 318 g/mol. The lowest BCUT2D eigenvalue weighted by Gasteiger charge is -2.07. The average molecular weight is 319 g/mol. The maximum atomic E-state index is 12.0. The third kappa shape index (κ3) is 4.22.